The Morgan fingerprint density at radius 2 is 1.87 bits per heavy atom. The Bertz CT molecular complexity index is 420. The number of likely N-dealkylation sites (tertiary alicyclic amines) is 1. The van der Waals surface area contributed by atoms with Crippen molar-refractivity contribution in [3.05, 3.63) is 0 Å². The summed E-state index contributed by atoms with van der Waals surface area (Å²) >= 11 is -0.00964. The minimum absolute atomic E-state index is 0. The minimum atomic E-state index is -4.17. The molecule has 4 atom stereocenters. The average Bonchev–Trinajstić information content (AvgIpc) is 3.11. The third kappa shape index (κ3) is 4.59. The standard InChI is InChI=1S/C14H22F3N3OS.HI/c1-2-18-13(19-5-6-22-14(15,16)17)20-7-9-10(8-20)12-4-3-11(9)21-12;/h9-12H,2-8H2,1H3,(H,18,19);1H. The number of alkyl halides is 3. The first kappa shape index (κ1) is 19.4. The van der Waals surface area contributed by atoms with Gasteiger partial charge in [-0.3, -0.25) is 4.99 Å². The third-order valence-electron chi connectivity index (χ3n) is 4.71. The maximum absolute atomic E-state index is 12.2. The molecule has 3 heterocycles. The summed E-state index contributed by atoms with van der Waals surface area (Å²) in [4.78, 5) is 6.57. The summed E-state index contributed by atoms with van der Waals surface area (Å²) in [5.41, 5.74) is -4.17. The Morgan fingerprint density at radius 3 is 2.39 bits per heavy atom. The molecule has 0 aromatic carbocycles. The van der Waals surface area contributed by atoms with E-state index in [1.165, 1.54) is 0 Å². The van der Waals surface area contributed by atoms with Crippen LogP contribution in [0, 0.1) is 11.8 Å². The summed E-state index contributed by atoms with van der Waals surface area (Å²) in [7, 11) is 0. The second-order valence-corrected chi connectivity index (χ2v) is 7.21. The van der Waals surface area contributed by atoms with Crippen molar-refractivity contribution in [3.8, 4) is 0 Å². The molecule has 0 spiro atoms. The van der Waals surface area contributed by atoms with Crippen molar-refractivity contribution in [1.29, 1.82) is 0 Å². The van der Waals surface area contributed by atoms with Gasteiger partial charge in [-0.1, -0.05) is 0 Å². The first-order chi connectivity index (χ1) is 10.5. The molecule has 3 aliphatic rings. The number of hydrogen-bond donors (Lipinski definition) is 1. The topological polar surface area (TPSA) is 36.9 Å². The Morgan fingerprint density at radius 1 is 1.26 bits per heavy atom. The zero-order chi connectivity index (χ0) is 15.7. The molecule has 0 saturated carbocycles. The molecule has 3 rings (SSSR count). The Kier molecular flexibility index (Phi) is 6.74. The van der Waals surface area contributed by atoms with Crippen molar-refractivity contribution in [3.63, 3.8) is 0 Å². The summed E-state index contributed by atoms with van der Waals surface area (Å²) in [5, 5.41) is 3.21. The highest BCUT2D eigenvalue weighted by Crippen LogP contribution is 2.47. The minimum Gasteiger partial charge on any atom is -0.374 e. The lowest BCUT2D eigenvalue weighted by molar-refractivity contribution is -0.0327. The second kappa shape index (κ2) is 7.99. The van der Waals surface area contributed by atoms with Gasteiger partial charge >= 0.3 is 5.51 Å². The molecule has 0 radical (unpaired) electrons. The quantitative estimate of drug-likeness (QED) is 0.300. The first-order valence-electron chi connectivity index (χ1n) is 7.87. The van der Waals surface area contributed by atoms with E-state index in [4.69, 9.17) is 4.74 Å². The number of fused-ring (bicyclic) bond motifs is 5. The number of nitrogens with one attached hydrogen (secondary N) is 1. The molecule has 0 aliphatic carbocycles. The molecular formula is C14H23F3IN3OS. The number of rotatable bonds is 4. The molecule has 1 N–H and O–H groups in total. The average molecular weight is 465 g/mol. The van der Waals surface area contributed by atoms with Crippen LogP contribution in [-0.4, -0.2) is 60.5 Å². The summed E-state index contributed by atoms with van der Waals surface area (Å²) in [6, 6.07) is 0. The number of halogens is 4. The zero-order valence-electron chi connectivity index (χ0n) is 13.0. The van der Waals surface area contributed by atoms with Gasteiger partial charge in [0, 0.05) is 37.2 Å². The Hall–Kier alpha value is 0.1000. The van der Waals surface area contributed by atoms with Gasteiger partial charge in [-0.2, -0.15) is 13.2 Å². The number of hydrogen-bond acceptors (Lipinski definition) is 3. The van der Waals surface area contributed by atoms with E-state index < -0.39 is 5.51 Å². The molecule has 3 saturated heterocycles. The van der Waals surface area contributed by atoms with E-state index >= 15 is 0 Å². The number of ether oxygens (including phenoxy) is 1. The van der Waals surface area contributed by atoms with Crippen LogP contribution in [0.2, 0.25) is 0 Å². The van der Waals surface area contributed by atoms with Gasteiger partial charge in [0.25, 0.3) is 0 Å². The third-order valence-corrected chi connectivity index (χ3v) is 5.42. The Balaban J connectivity index is 0.00000192. The molecule has 0 aromatic rings. The van der Waals surface area contributed by atoms with E-state index in [0.717, 1.165) is 38.4 Å². The molecule has 0 aromatic heterocycles. The summed E-state index contributed by atoms with van der Waals surface area (Å²) in [6.45, 7) is 4.69. The van der Waals surface area contributed by atoms with Crippen LogP contribution in [0.5, 0.6) is 0 Å². The van der Waals surface area contributed by atoms with Gasteiger partial charge in [-0.25, -0.2) is 0 Å². The molecule has 2 bridgehead atoms. The molecule has 3 fully saturated rings. The molecule has 23 heavy (non-hydrogen) atoms. The van der Waals surface area contributed by atoms with Gasteiger partial charge in [-0.05, 0) is 31.5 Å². The highest BCUT2D eigenvalue weighted by molar-refractivity contribution is 14.0. The van der Waals surface area contributed by atoms with Crippen molar-refractivity contribution in [2.75, 3.05) is 31.9 Å². The van der Waals surface area contributed by atoms with E-state index in [1.807, 2.05) is 6.92 Å². The molecule has 0 amide bonds. The van der Waals surface area contributed by atoms with E-state index in [-0.39, 0.29) is 48.0 Å². The maximum atomic E-state index is 12.2. The zero-order valence-corrected chi connectivity index (χ0v) is 16.2. The predicted molar refractivity (Wildman–Crippen MR) is 96.4 cm³/mol. The van der Waals surface area contributed by atoms with E-state index in [1.54, 1.807) is 0 Å². The van der Waals surface area contributed by atoms with Crippen LogP contribution in [0.3, 0.4) is 0 Å². The van der Waals surface area contributed by atoms with Gasteiger partial charge in [0.2, 0.25) is 0 Å². The lowest BCUT2D eigenvalue weighted by Crippen LogP contribution is -2.41. The first-order valence-corrected chi connectivity index (χ1v) is 8.86. The maximum Gasteiger partial charge on any atom is 0.441 e. The molecule has 134 valence electrons. The highest BCUT2D eigenvalue weighted by atomic mass is 127. The van der Waals surface area contributed by atoms with Crippen LogP contribution in [0.25, 0.3) is 0 Å². The lowest BCUT2D eigenvalue weighted by atomic mass is 9.82. The summed E-state index contributed by atoms with van der Waals surface area (Å²) in [5.74, 6) is 1.84. The second-order valence-electron chi connectivity index (χ2n) is 6.05. The fourth-order valence-electron chi connectivity index (χ4n) is 3.87. The monoisotopic (exact) mass is 465 g/mol. The lowest BCUT2D eigenvalue weighted by Gasteiger charge is -2.23. The van der Waals surface area contributed by atoms with Crippen LogP contribution in [0.4, 0.5) is 13.2 Å². The SMILES string of the molecule is CCNC(=NCCSC(F)(F)F)N1CC2C3CCC(O3)C2C1.I. The smallest absolute Gasteiger partial charge is 0.374 e. The Labute approximate surface area is 156 Å². The molecular weight excluding hydrogens is 442 g/mol. The predicted octanol–water partition coefficient (Wildman–Crippen LogP) is 2.93. The summed E-state index contributed by atoms with van der Waals surface area (Å²) in [6.07, 6.45) is 3.05. The van der Waals surface area contributed by atoms with Crippen LogP contribution >= 0.6 is 35.7 Å². The highest BCUT2D eigenvalue weighted by Gasteiger charge is 2.53. The van der Waals surface area contributed by atoms with Crippen LogP contribution < -0.4 is 5.32 Å². The van der Waals surface area contributed by atoms with E-state index in [9.17, 15) is 13.2 Å². The number of guanidine groups is 1. The van der Waals surface area contributed by atoms with Crippen LogP contribution in [0.15, 0.2) is 4.99 Å². The molecule has 4 unspecified atom stereocenters. The largest absolute Gasteiger partial charge is 0.441 e. The van der Waals surface area contributed by atoms with Crippen molar-refractivity contribution in [2.45, 2.75) is 37.5 Å². The molecule has 3 aliphatic heterocycles. The van der Waals surface area contributed by atoms with Crippen molar-refractivity contribution < 1.29 is 17.9 Å². The van der Waals surface area contributed by atoms with E-state index in [0.29, 0.717) is 24.0 Å². The van der Waals surface area contributed by atoms with Crippen LogP contribution in [-0.2, 0) is 4.74 Å². The van der Waals surface area contributed by atoms with Gasteiger partial charge in [0.15, 0.2) is 5.96 Å². The van der Waals surface area contributed by atoms with Crippen molar-refractivity contribution >= 4 is 41.7 Å². The van der Waals surface area contributed by atoms with E-state index in [2.05, 4.69) is 15.2 Å². The van der Waals surface area contributed by atoms with Gasteiger partial charge in [0.05, 0.1) is 18.8 Å². The normalized spacial score (nSPS) is 32.9. The van der Waals surface area contributed by atoms with Crippen molar-refractivity contribution in [2.24, 2.45) is 16.8 Å². The summed E-state index contributed by atoms with van der Waals surface area (Å²) < 4.78 is 42.4. The van der Waals surface area contributed by atoms with Gasteiger partial charge < -0.3 is 15.0 Å². The fourth-order valence-corrected chi connectivity index (χ4v) is 4.29. The van der Waals surface area contributed by atoms with Gasteiger partial charge in [-0.15, -0.1) is 24.0 Å². The van der Waals surface area contributed by atoms with Gasteiger partial charge in [0.1, 0.15) is 0 Å². The number of aliphatic imine (C=N–C) groups is 1. The number of nitrogens with zero attached hydrogens (tertiary/aromatic N) is 2. The van der Waals surface area contributed by atoms with Crippen LogP contribution in [0.1, 0.15) is 19.8 Å². The molecule has 4 nitrogen and oxygen atoms in total. The molecule has 9 heteroatoms. The van der Waals surface area contributed by atoms with Crippen molar-refractivity contribution in [1.82, 2.24) is 10.2 Å². The number of thioether (sulfide) groups is 1. The fraction of sp³-hybridized carbons (Fsp3) is 0.929.